The van der Waals surface area contributed by atoms with Gasteiger partial charge in [0.25, 0.3) is 0 Å². The van der Waals surface area contributed by atoms with Gasteiger partial charge in [-0.2, -0.15) is 0 Å². The van der Waals surface area contributed by atoms with E-state index in [-0.39, 0.29) is 28.8 Å². The summed E-state index contributed by atoms with van der Waals surface area (Å²) in [6.07, 6.45) is 6.71. The first kappa shape index (κ1) is 26.8. The second-order valence-corrected chi connectivity index (χ2v) is 13.9. The molecule has 2 heterocycles. The van der Waals surface area contributed by atoms with Crippen LogP contribution in [0, 0.1) is 17.8 Å². The molecule has 0 radical (unpaired) electrons. The predicted octanol–water partition coefficient (Wildman–Crippen LogP) is 6.65. The van der Waals surface area contributed by atoms with E-state index in [4.69, 9.17) is 14.2 Å². The summed E-state index contributed by atoms with van der Waals surface area (Å²) in [5, 5.41) is 3.87. The van der Waals surface area contributed by atoms with Crippen LogP contribution in [-0.2, 0) is 32.5 Å². The van der Waals surface area contributed by atoms with E-state index >= 15 is 0 Å². The molecule has 3 aliphatic carbocycles. The number of ether oxygens (including phenoxy) is 3. The van der Waals surface area contributed by atoms with Crippen LogP contribution in [-0.4, -0.2) is 37.8 Å². The molecule has 1 amide bonds. The molecule has 1 aromatic heterocycles. The number of rotatable bonds is 5. The minimum atomic E-state index is -0.315. The number of anilines is 1. The van der Waals surface area contributed by atoms with Gasteiger partial charge in [0.05, 0.1) is 24.9 Å². The number of esters is 1. The fourth-order valence-corrected chi connectivity index (χ4v) is 9.66. The Hall–Kier alpha value is -2.38. The zero-order valence-corrected chi connectivity index (χ0v) is 24.7. The van der Waals surface area contributed by atoms with Crippen LogP contribution < -0.4 is 10.1 Å². The number of aryl methyl sites for hydroxylation is 1. The molecule has 7 heteroatoms. The molecule has 5 atom stereocenters. The lowest BCUT2D eigenvalue weighted by Gasteiger charge is -2.49. The number of carbonyl (C=O) groups is 2. The fourth-order valence-electron chi connectivity index (χ4n) is 8.27. The summed E-state index contributed by atoms with van der Waals surface area (Å²) >= 11 is 1.61. The number of hydrogen-bond acceptors (Lipinski definition) is 6. The SMILES string of the molecule is CCOC(=O)c1c(NC(=O)[C@@H]2CCOC(C)(C)C2)sc2c1[C@]1(C)CC[C@H]3c4ccc(OC)cc4CC[C@@H]3[C@@H]1C2. The van der Waals surface area contributed by atoms with Crippen LogP contribution >= 0.6 is 11.3 Å². The highest BCUT2D eigenvalue weighted by molar-refractivity contribution is 7.17. The van der Waals surface area contributed by atoms with E-state index in [1.165, 1.54) is 16.0 Å². The summed E-state index contributed by atoms with van der Waals surface area (Å²) in [6, 6.07) is 6.61. The lowest BCUT2D eigenvalue weighted by Crippen LogP contribution is -2.43. The molecule has 1 saturated heterocycles. The van der Waals surface area contributed by atoms with Crippen molar-refractivity contribution < 1.29 is 23.8 Å². The summed E-state index contributed by atoms with van der Waals surface area (Å²) in [5.41, 5.74) is 4.27. The zero-order valence-electron chi connectivity index (χ0n) is 23.9. The quantitative estimate of drug-likeness (QED) is 0.422. The Kier molecular flexibility index (Phi) is 6.82. The molecule has 1 saturated carbocycles. The number of thiophene rings is 1. The first-order valence-corrected chi connectivity index (χ1v) is 15.4. The van der Waals surface area contributed by atoms with Crippen LogP contribution in [0.3, 0.4) is 0 Å². The summed E-state index contributed by atoms with van der Waals surface area (Å²) in [6.45, 7) is 9.18. The Morgan fingerprint density at radius 2 is 2.00 bits per heavy atom. The van der Waals surface area contributed by atoms with Gasteiger partial charge >= 0.3 is 5.97 Å². The molecular formula is C32H41NO5S. The Labute approximate surface area is 235 Å². The number of carbonyl (C=O) groups excluding carboxylic acids is 2. The molecule has 6 rings (SSSR count). The van der Waals surface area contributed by atoms with Crippen molar-refractivity contribution in [3.8, 4) is 5.75 Å². The van der Waals surface area contributed by atoms with Crippen LogP contribution in [0.1, 0.15) is 97.6 Å². The maximum Gasteiger partial charge on any atom is 0.341 e. The Balaban J connectivity index is 1.31. The number of hydrogen-bond donors (Lipinski definition) is 1. The summed E-state index contributed by atoms with van der Waals surface area (Å²) in [7, 11) is 1.73. The average molecular weight is 552 g/mol. The monoisotopic (exact) mass is 551 g/mol. The van der Waals surface area contributed by atoms with E-state index in [0.29, 0.717) is 54.4 Å². The Morgan fingerprint density at radius 1 is 1.18 bits per heavy atom. The molecule has 1 aromatic carbocycles. The van der Waals surface area contributed by atoms with Crippen LogP contribution in [0.15, 0.2) is 18.2 Å². The van der Waals surface area contributed by atoms with Crippen molar-refractivity contribution >= 4 is 28.2 Å². The lowest BCUT2D eigenvalue weighted by molar-refractivity contribution is -0.130. The third kappa shape index (κ3) is 4.50. The van der Waals surface area contributed by atoms with Crippen molar-refractivity contribution in [1.82, 2.24) is 0 Å². The van der Waals surface area contributed by atoms with Gasteiger partial charge < -0.3 is 19.5 Å². The van der Waals surface area contributed by atoms with E-state index in [1.807, 2.05) is 20.8 Å². The normalized spacial score (nSPS) is 30.4. The standard InChI is InChI=1S/C32H41NO5S/c1-6-37-30(35)26-27-25(39-29(26)33-28(34)19-12-14-38-31(2,3)17-19)16-24-23-9-7-18-15-20(36-5)8-10-21(18)22(23)11-13-32(24,27)4/h8,10,15,19,22-24H,6-7,9,11-14,16-17H2,1-5H3,(H,33,34)/t19-,22+,23+,24+,32-/m1/s1. The number of fused-ring (bicyclic) bond motifs is 7. The molecule has 2 aromatic rings. The van der Waals surface area contributed by atoms with Crippen molar-refractivity contribution in [2.75, 3.05) is 25.6 Å². The van der Waals surface area contributed by atoms with E-state index in [2.05, 4.69) is 30.4 Å². The largest absolute Gasteiger partial charge is 0.497 e. The summed E-state index contributed by atoms with van der Waals surface area (Å²) < 4.78 is 16.9. The maximum atomic E-state index is 13.5. The van der Waals surface area contributed by atoms with Crippen molar-refractivity contribution in [2.24, 2.45) is 17.8 Å². The van der Waals surface area contributed by atoms with Gasteiger partial charge in [0.2, 0.25) is 5.91 Å². The predicted molar refractivity (Wildman–Crippen MR) is 153 cm³/mol. The van der Waals surface area contributed by atoms with Gasteiger partial charge in [0.1, 0.15) is 10.8 Å². The van der Waals surface area contributed by atoms with Crippen LogP contribution in [0.2, 0.25) is 0 Å². The highest BCUT2D eigenvalue weighted by Gasteiger charge is 2.55. The molecule has 210 valence electrons. The van der Waals surface area contributed by atoms with Crippen LogP contribution in [0.5, 0.6) is 5.75 Å². The van der Waals surface area contributed by atoms with Gasteiger partial charge in [-0.1, -0.05) is 13.0 Å². The zero-order chi connectivity index (χ0) is 27.5. The van der Waals surface area contributed by atoms with Crippen molar-refractivity contribution in [3.05, 3.63) is 45.3 Å². The fraction of sp³-hybridized carbons (Fsp3) is 0.625. The molecular weight excluding hydrogens is 510 g/mol. The number of methoxy groups -OCH3 is 1. The molecule has 0 spiro atoms. The number of amides is 1. The van der Waals surface area contributed by atoms with Gasteiger partial charge in [-0.3, -0.25) is 4.79 Å². The Morgan fingerprint density at radius 3 is 2.74 bits per heavy atom. The number of benzene rings is 1. The molecule has 4 aliphatic rings. The average Bonchev–Trinajstić information content (AvgIpc) is 3.41. The van der Waals surface area contributed by atoms with Gasteiger partial charge in [-0.25, -0.2) is 4.79 Å². The van der Waals surface area contributed by atoms with Crippen LogP contribution in [0.25, 0.3) is 0 Å². The molecule has 0 unspecified atom stereocenters. The van der Waals surface area contributed by atoms with E-state index in [0.717, 1.165) is 43.4 Å². The minimum Gasteiger partial charge on any atom is -0.497 e. The molecule has 2 fully saturated rings. The van der Waals surface area contributed by atoms with Crippen LogP contribution in [0.4, 0.5) is 5.00 Å². The maximum absolute atomic E-state index is 13.5. The van der Waals surface area contributed by atoms with Crippen molar-refractivity contribution in [3.63, 3.8) is 0 Å². The highest BCUT2D eigenvalue weighted by Crippen LogP contribution is 2.63. The highest BCUT2D eigenvalue weighted by atomic mass is 32.1. The molecule has 39 heavy (non-hydrogen) atoms. The topological polar surface area (TPSA) is 73.9 Å². The minimum absolute atomic E-state index is 0.0124. The molecule has 0 bridgehead atoms. The molecule has 6 nitrogen and oxygen atoms in total. The summed E-state index contributed by atoms with van der Waals surface area (Å²) in [4.78, 5) is 28.1. The third-order valence-electron chi connectivity index (χ3n) is 10.1. The van der Waals surface area contributed by atoms with E-state index in [9.17, 15) is 9.59 Å². The second-order valence-electron chi connectivity index (χ2n) is 12.8. The first-order chi connectivity index (χ1) is 18.6. The van der Waals surface area contributed by atoms with Crippen molar-refractivity contribution in [1.29, 1.82) is 0 Å². The van der Waals surface area contributed by atoms with E-state index in [1.54, 1.807) is 18.4 Å². The lowest BCUT2D eigenvalue weighted by atomic mass is 9.54. The van der Waals surface area contributed by atoms with Gasteiger partial charge in [-0.05, 0) is 118 Å². The summed E-state index contributed by atoms with van der Waals surface area (Å²) in [5.74, 6) is 2.12. The molecule has 1 aliphatic heterocycles. The van der Waals surface area contributed by atoms with Crippen molar-refractivity contribution in [2.45, 2.75) is 89.6 Å². The number of nitrogens with one attached hydrogen (secondary N) is 1. The van der Waals surface area contributed by atoms with Gasteiger partial charge in [0, 0.05) is 17.4 Å². The smallest absolute Gasteiger partial charge is 0.341 e. The van der Waals surface area contributed by atoms with Gasteiger partial charge in [-0.15, -0.1) is 11.3 Å². The first-order valence-electron chi connectivity index (χ1n) is 14.6. The third-order valence-corrected chi connectivity index (χ3v) is 11.2. The molecule has 1 N–H and O–H groups in total. The van der Waals surface area contributed by atoms with Gasteiger partial charge in [0.15, 0.2) is 0 Å². The van der Waals surface area contributed by atoms with E-state index < -0.39 is 0 Å². The Bertz CT molecular complexity index is 1300. The second kappa shape index (κ2) is 9.91.